The molecule has 0 aliphatic carbocycles. The summed E-state index contributed by atoms with van der Waals surface area (Å²) < 4.78 is 0. The smallest absolute Gasteiger partial charge is 0.115 e. The molecule has 2 rings (SSSR count). The minimum Gasteiger partial charge on any atom is -0.545 e. The van der Waals surface area contributed by atoms with Gasteiger partial charge in [-0.1, -0.05) is 42.0 Å². The van der Waals surface area contributed by atoms with Crippen LogP contribution >= 0.6 is 0 Å². The van der Waals surface area contributed by atoms with Crippen molar-refractivity contribution in [3.8, 4) is 5.75 Å². The Kier molecular flexibility index (Phi) is 6.26. The van der Waals surface area contributed by atoms with Crippen LogP contribution < -0.4 is 10.8 Å². The van der Waals surface area contributed by atoms with E-state index in [-0.39, 0.29) is 5.56 Å². The summed E-state index contributed by atoms with van der Waals surface area (Å²) in [4.78, 5) is 10.2. The number of carboxylic acids is 1. The molecule has 106 valence electrons. The molecule has 0 unspecified atom stereocenters. The van der Waals surface area contributed by atoms with Crippen molar-refractivity contribution in [2.45, 2.75) is 13.3 Å². The molecule has 4 N–H and O–H groups in total. The van der Waals surface area contributed by atoms with Crippen molar-refractivity contribution in [1.29, 1.82) is 0 Å². The molecule has 0 amide bonds. The van der Waals surface area contributed by atoms with Gasteiger partial charge < -0.3 is 20.7 Å². The van der Waals surface area contributed by atoms with Crippen LogP contribution in [0, 0.1) is 6.92 Å². The average Bonchev–Trinajstić information content (AvgIpc) is 2.43. The van der Waals surface area contributed by atoms with Gasteiger partial charge >= 0.3 is 0 Å². The van der Waals surface area contributed by atoms with Gasteiger partial charge in [-0.25, -0.2) is 0 Å². The van der Waals surface area contributed by atoms with E-state index < -0.39 is 5.97 Å². The van der Waals surface area contributed by atoms with Crippen LogP contribution in [0.1, 0.15) is 21.5 Å². The first-order chi connectivity index (χ1) is 9.52. The first-order valence-corrected chi connectivity index (χ1v) is 6.38. The van der Waals surface area contributed by atoms with Gasteiger partial charge in [-0.15, -0.1) is 0 Å². The highest BCUT2D eigenvalue weighted by Crippen LogP contribution is 2.09. The number of aromatic carboxylic acids is 1. The van der Waals surface area contributed by atoms with Crippen molar-refractivity contribution in [2.75, 3.05) is 6.54 Å². The van der Waals surface area contributed by atoms with Gasteiger partial charge in [-0.05, 0) is 30.2 Å². The van der Waals surface area contributed by atoms with Gasteiger partial charge in [0.2, 0.25) is 0 Å². The molecule has 0 radical (unpaired) electrons. The number of phenols is 1. The largest absolute Gasteiger partial charge is 0.545 e. The molecule has 0 aliphatic rings. The van der Waals surface area contributed by atoms with Crippen LogP contribution in [0.3, 0.4) is 0 Å². The number of phenolic OH excluding ortho intramolecular Hbond substituents is 1. The fraction of sp³-hybridized carbons (Fsp3) is 0.188. The Bertz CT molecular complexity index is 533. The number of hydrogen-bond acceptors (Lipinski definition) is 3. The van der Waals surface area contributed by atoms with Crippen molar-refractivity contribution in [1.82, 2.24) is 0 Å². The van der Waals surface area contributed by atoms with Gasteiger partial charge in [0.1, 0.15) is 5.75 Å². The number of aromatic hydroxyl groups is 1. The third kappa shape index (κ3) is 5.54. The first kappa shape index (κ1) is 15.7. The van der Waals surface area contributed by atoms with E-state index in [4.69, 9.17) is 5.11 Å². The Hall–Kier alpha value is -2.33. The van der Waals surface area contributed by atoms with Gasteiger partial charge in [-0.3, -0.25) is 0 Å². The minimum absolute atomic E-state index is 0.227. The number of rotatable bonds is 3. The minimum atomic E-state index is -1.12. The fourth-order valence-electron chi connectivity index (χ4n) is 1.56. The van der Waals surface area contributed by atoms with Crippen LogP contribution in [0.2, 0.25) is 0 Å². The molecule has 0 saturated heterocycles. The summed E-state index contributed by atoms with van der Waals surface area (Å²) in [6, 6.07) is 13.8. The SMILES string of the molecule is Cc1ccc(C(=O)[O-])cc1.[NH3+]CCc1ccc(O)cc1. The number of quaternary nitrogens is 1. The molecule has 4 heteroatoms. The maximum Gasteiger partial charge on any atom is 0.115 e. The van der Waals surface area contributed by atoms with Gasteiger partial charge in [-0.2, -0.15) is 0 Å². The van der Waals surface area contributed by atoms with Crippen LogP contribution in [-0.4, -0.2) is 17.6 Å². The van der Waals surface area contributed by atoms with E-state index in [1.807, 2.05) is 19.1 Å². The number of carboxylic acid groups (broad SMARTS) is 1. The second-order valence-electron chi connectivity index (χ2n) is 4.42. The highest BCUT2D eigenvalue weighted by Gasteiger charge is 1.91. The summed E-state index contributed by atoms with van der Waals surface area (Å²) >= 11 is 0. The summed E-state index contributed by atoms with van der Waals surface area (Å²) in [7, 11) is 0. The van der Waals surface area contributed by atoms with Gasteiger partial charge in [0, 0.05) is 6.42 Å². The molecule has 2 aromatic carbocycles. The summed E-state index contributed by atoms with van der Waals surface area (Å²) in [5.41, 5.74) is 6.24. The first-order valence-electron chi connectivity index (χ1n) is 6.38. The summed E-state index contributed by atoms with van der Waals surface area (Å²) in [6.07, 6.45) is 0.986. The van der Waals surface area contributed by atoms with E-state index in [0.717, 1.165) is 18.5 Å². The normalized spacial score (nSPS) is 9.50. The third-order valence-electron chi connectivity index (χ3n) is 2.69. The Balaban J connectivity index is 0.000000200. The molecule has 0 aromatic heterocycles. The quantitative estimate of drug-likeness (QED) is 0.855. The van der Waals surface area contributed by atoms with E-state index in [0.29, 0.717) is 5.75 Å². The number of carbonyl (C=O) groups excluding carboxylic acids is 1. The van der Waals surface area contributed by atoms with Gasteiger partial charge in [0.25, 0.3) is 0 Å². The van der Waals surface area contributed by atoms with E-state index in [9.17, 15) is 9.90 Å². The summed E-state index contributed by atoms with van der Waals surface area (Å²) in [5.74, 6) is -0.798. The molecule has 0 fully saturated rings. The Labute approximate surface area is 118 Å². The maximum absolute atomic E-state index is 10.2. The Morgan fingerprint density at radius 1 is 1.10 bits per heavy atom. The van der Waals surface area contributed by atoms with Crippen LogP contribution in [0.15, 0.2) is 48.5 Å². The van der Waals surface area contributed by atoms with E-state index in [1.165, 1.54) is 17.7 Å². The molecule has 0 bridgehead atoms. The molecule has 0 spiro atoms. The maximum atomic E-state index is 10.2. The lowest BCUT2D eigenvalue weighted by atomic mass is 10.1. The third-order valence-corrected chi connectivity index (χ3v) is 2.69. The molecule has 0 atom stereocenters. The molecular weight excluding hydrogens is 254 g/mol. The van der Waals surface area contributed by atoms with E-state index in [2.05, 4.69) is 5.73 Å². The second kappa shape index (κ2) is 7.96. The predicted molar refractivity (Wildman–Crippen MR) is 75.1 cm³/mol. The zero-order valence-electron chi connectivity index (χ0n) is 11.5. The van der Waals surface area contributed by atoms with Crippen LogP contribution in [0.4, 0.5) is 0 Å². The van der Waals surface area contributed by atoms with Crippen molar-refractivity contribution in [2.24, 2.45) is 0 Å². The van der Waals surface area contributed by atoms with E-state index in [1.54, 1.807) is 24.3 Å². The zero-order valence-corrected chi connectivity index (χ0v) is 11.5. The van der Waals surface area contributed by atoms with Crippen molar-refractivity contribution >= 4 is 5.97 Å². The van der Waals surface area contributed by atoms with Gasteiger partial charge in [0.15, 0.2) is 0 Å². The fourth-order valence-corrected chi connectivity index (χ4v) is 1.56. The van der Waals surface area contributed by atoms with Crippen LogP contribution in [0.5, 0.6) is 5.75 Å². The molecule has 0 aliphatic heterocycles. The van der Waals surface area contributed by atoms with Crippen LogP contribution in [-0.2, 0) is 6.42 Å². The number of hydrogen-bond donors (Lipinski definition) is 2. The number of aryl methyl sites for hydroxylation is 1. The lowest BCUT2D eigenvalue weighted by Gasteiger charge is -2.00. The Morgan fingerprint density at radius 3 is 2.10 bits per heavy atom. The zero-order chi connectivity index (χ0) is 15.0. The lowest BCUT2D eigenvalue weighted by molar-refractivity contribution is -0.366. The van der Waals surface area contributed by atoms with Crippen molar-refractivity contribution < 1.29 is 20.7 Å². The topological polar surface area (TPSA) is 88.0 Å². The molecule has 2 aromatic rings. The standard InChI is InChI=1S/C8H11NO.C8H8O2/c9-6-5-7-1-3-8(10)4-2-7;1-6-2-4-7(5-3-6)8(9)10/h1-4,10H,5-6,9H2;2-5H,1H3,(H,9,10). The molecule has 20 heavy (non-hydrogen) atoms. The van der Waals surface area contributed by atoms with Gasteiger partial charge in [0.05, 0.1) is 12.5 Å². The monoisotopic (exact) mass is 273 g/mol. The predicted octanol–water partition coefficient (Wildman–Crippen LogP) is 0.535. The highest BCUT2D eigenvalue weighted by atomic mass is 16.4. The summed E-state index contributed by atoms with van der Waals surface area (Å²) in [6.45, 7) is 2.81. The number of carbonyl (C=O) groups is 1. The second-order valence-corrected chi connectivity index (χ2v) is 4.42. The lowest BCUT2D eigenvalue weighted by Crippen LogP contribution is -2.51. The van der Waals surface area contributed by atoms with E-state index >= 15 is 0 Å². The molecule has 0 heterocycles. The number of benzene rings is 2. The molecule has 4 nitrogen and oxygen atoms in total. The van der Waals surface area contributed by atoms with Crippen LogP contribution in [0.25, 0.3) is 0 Å². The molecule has 0 saturated carbocycles. The van der Waals surface area contributed by atoms with Crippen molar-refractivity contribution in [3.63, 3.8) is 0 Å². The summed E-state index contributed by atoms with van der Waals surface area (Å²) in [5, 5.41) is 19.1. The molecular formula is C16H19NO3. The van der Waals surface area contributed by atoms with Crippen molar-refractivity contribution in [3.05, 3.63) is 65.2 Å². The highest BCUT2D eigenvalue weighted by molar-refractivity contribution is 5.85. The average molecular weight is 273 g/mol. The Morgan fingerprint density at radius 2 is 1.65 bits per heavy atom.